The van der Waals surface area contributed by atoms with Crippen LogP contribution in [-0.2, 0) is 15.8 Å². The first-order valence-corrected chi connectivity index (χ1v) is 10.2. The number of alkyl halides is 3. The van der Waals surface area contributed by atoms with Gasteiger partial charge in [-0.15, -0.1) is 0 Å². The van der Waals surface area contributed by atoms with Crippen LogP contribution >= 0.6 is 11.6 Å². The van der Waals surface area contributed by atoms with Crippen LogP contribution in [0.15, 0.2) is 47.8 Å². The van der Waals surface area contributed by atoms with E-state index in [1.807, 2.05) is 0 Å². The van der Waals surface area contributed by atoms with Crippen LogP contribution in [0.1, 0.15) is 36.8 Å². The lowest BCUT2D eigenvalue weighted by atomic mass is 9.82. The Bertz CT molecular complexity index is 1300. The standard InChI is InChI=1S/C22H17ClF4N4O2/c1-10-15(7-20(33)30-13-4-11-9-28-31-21(11)17(23)6-13)16(8-19(32)29-10)14-3-2-12(5-18(14)24)22(25,26)27/h2-6,9,16H,7-8H2,1H3,(H,28,31)(H,29,32)(H,30,33). The molecule has 3 aromatic rings. The van der Waals surface area contributed by atoms with Gasteiger partial charge in [0.05, 0.1) is 28.7 Å². The number of benzene rings is 2. The average molecular weight is 481 g/mol. The Labute approximate surface area is 190 Å². The number of halogens is 5. The van der Waals surface area contributed by atoms with Gasteiger partial charge < -0.3 is 10.6 Å². The van der Waals surface area contributed by atoms with Crippen molar-refractivity contribution in [3.05, 3.63) is 69.8 Å². The molecule has 0 saturated carbocycles. The van der Waals surface area contributed by atoms with Crippen LogP contribution in [0, 0.1) is 5.82 Å². The molecule has 11 heteroatoms. The molecule has 1 aliphatic heterocycles. The number of rotatable bonds is 4. The van der Waals surface area contributed by atoms with Crippen LogP contribution in [0.3, 0.4) is 0 Å². The quantitative estimate of drug-likeness (QED) is 0.444. The zero-order chi connectivity index (χ0) is 23.9. The summed E-state index contributed by atoms with van der Waals surface area (Å²) in [5, 5.41) is 13.0. The molecule has 1 aliphatic rings. The van der Waals surface area contributed by atoms with Gasteiger partial charge in [-0.2, -0.15) is 18.3 Å². The molecule has 2 amide bonds. The molecule has 6 nitrogen and oxygen atoms in total. The lowest BCUT2D eigenvalue weighted by molar-refractivity contribution is -0.137. The van der Waals surface area contributed by atoms with E-state index in [0.717, 1.165) is 12.1 Å². The van der Waals surface area contributed by atoms with Crippen LogP contribution in [0.5, 0.6) is 0 Å². The lowest BCUT2D eigenvalue weighted by Crippen LogP contribution is -2.32. The number of carbonyl (C=O) groups is 2. The average Bonchev–Trinajstić information content (AvgIpc) is 3.18. The first kappa shape index (κ1) is 22.8. The number of anilines is 1. The van der Waals surface area contributed by atoms with E-state index in [-0.39, 0.29) is 18.4 Å². The summed E-state index contributed by atoms with van der Waals surface area (Å²) in [6, 6.07) is 5.38. The van der Waals surface area contributed by atoms with Crippen molar-refractivity contribution in [2.45, 2.75) is 31.9 Å². The molecule has 2 aromatic carbocycles. The molecule has 0 fully saturated rings. The highest BCUT2D eigenvalue weighted by atomic mass is 35.5. The molecule has 0 radical (unpaired) electrons. The summed E-state index contributed by atoms with van der Waals surface area (Å²) in [6.45, 7) is 1.56. The maximum Gasteiger partial charge on any atom is 0.416 e. The zero-order valence-electron chi connectivity index (χ0n) is 17.1. The highest BCUT2D eigenvalue weighted by Crippen LogP contribution is 2.38. The predicted molar refractivity (Wildman–Crippen MR) is 114 cm³/mol. The molecule has 1 aromatic heterocycles. The third-order valence-electron chi connectivity index (χ3n) is 5.46. The number of amides is 2. The second kappa shape index (κ2) is 8.51. The second-order valence-electron chi connectivity index (χ2n) is 7.71. The predicted octanol–water partition coefficient (Wildman–Crippen LogP) is 5.28. The number of fused-ring (bicyclic) bond motifs is 1. The van der Waals surface area contributed by atoms with Crippen molar-refractivity contribution >= 4 is 40.0 Å². The summed E-state index contributed by atoms with van der Waals surface area (Å²) in [6.07, 6.45) is -3.56. The van der Waals surface area contributed by atoms with E-state index in [2.05, 4.69) is 20.8 Å². The fourth-order valence-corrected chi connectivity index (χ4v) is 4.18. The number of nitrogens with one attached hydrogen (secondary N) is 3. The minimum Gasteiger partial charge on any atom is -0.330 e. The van der Waals surface area contributed by atoms with E-state index in [1.54, 1.807) is 19.2 Å². The Morgan fingerprint density at radius 3 is 2.73 bits per heavy atom. The number of nitrogens with zero attached hydrogens (tertiary/aromatic N) is 1. The smallest absolute Gasteiger partial charge is 0.330 e. The van der Waals surface area contributed by atoms with Crippen molar-refractivity contribution in [1.82, 2.24) is 15.5 Å². The number of allylic oxidation sites excluding steroid dienone is 1. The van der Waals surface area contributed by atoms with Crippen molar-refractivity contribution in [3.8, 4) is 0 Å². The van der Waals surface area contributed by atoms with Crippen molar-refractivity contribution in [1.29, 1.82) is 0 Å². The molecule has 0 aliphatic carbocycles. The van der Waals surface area contributed by atoms with Gasteiger partial charge in [-0.1, -0.05) is 17.7 Å². The van der Waals surface area contributed by atoms with Crippen LogP contribution in [0.2, 0.25) is 5.02 Å². The Hall–Kier alpha value is -3.40. The van der Waals surface area contributed by atoms with Crippen molar-refractivity contribution in [2.24, 2.45) is 0 Å². The van der Waals surface area contributed by atoms with Gasteiger partial charge in [0, 0.05) is 29.1 Å². The molecule has 172 valence electrons. The molecule has 0 bridgehead atoms. The molecule has 1 atom stereocenters. The number of aromatic amines is 1. The molecule has 3 N–H and O–H groups in total. The third-order valence-corrected chi connectivity index (χ3v) is 5.76. The first-order chi connectivity index (χ1) is 15.5. The number of hydrogen-bond donors (Lipinski definition) is 3. The molecule has 4 rings (SSSR count). The summed E-state index contributed by atoms with van der Waals surface area (Å²) in [7, 11) is 0. The topological polar surface area (TPSA) is 86.9 Å². The first-order valence-electron chi connectivity index (χ1n) is 9.81. The third kappa shape index (κ3) is 4.70. The van der Waals surface area contributed by atoms with Gasteiger partial charge in [0.2, 0.25) is 11.8 Å². The summed E-state index contributed by atoms with van der Waals surface area (Å²) >= 11 is 6.18. The monoisotopic (exact) mass is 480 g/mol. The Balaban J connectivity index is 1.61. The fraction of sp³-hybridized carbons (Fsp3) is 0.227. The number of carbonyl (C=O) groups excluding carboxylic acids is 2. The lowest BCUT2D eigenvalue weighted by Gasteiger charge is -2.28. The minimum atomic E-state index is -4.70. The van der Waals surface area contributed by atoms with Crippen molar-refractivity contribution in [2.75, 3.05) is 5.32 Å². The van der Waals surface area contributed by atoms with Gasteiger partial charge in [-0.25, -0.2) is 4.39 Å². The number of H-pyrrole nitrogens is 1. The molecule has 33 heavy (non-hydrogen) atoms. The van der Waals surface area contributed by atoms with Crippen LogP contribution in [-0.4, -0.2) is 22.0 Å². The summed E-state index contributed by atoms with van der Waals surface area (Å²) < 4.78 is 53.4. The van der Waals surface area contributed by atoms with Crippen LogP contribution in [0.25, 0.3) is 10.9 Å². The van der Waals surface area contributed by atoms with Gasteiger partial charge in [-0.3, -0.25) is 14.7 Å². The van der Waals surface area contributed by atoms with Crippen LogP contribution in [0.4, 0.5) is 23.2 Å². The molecular weight excluding hydrogens is 464 g/mol. The summed E-state index contributed by atoms with van der Waals surface area (Å²) in [4.78, 5) is 24.9. The molecule has 0 saturated heterocycles. The SMILES string of the molecule is CC1=C(CC(=O)Nc2cc(Cl)c3[nH]ncc3c2)C(c2ccc(C(F)(F)F)cc2F)CC(=O)N1. The van der Waals surface area contributed by atoms with Gasteiger partial charge in [-0.05, 0) is 42.3 Å². The van der Waals surface area contributed by atoms with E-state index < -0.39 is 35.3 Å². The fourth-order valence-electron chi connectivity index (χ4n) is 3.91. The van der Waals surface area contributed by atoms with Gasteiger partial charge in [0.1, 0.15) is 5.82 Å². The largest absolute Gasteiger partial charge is 0.416 e. The Kier molecular flexibility index (Phi) is 5.87. The molecule has 0 spiro atoms. The van der Waals surface area contributed by atoms with Gasteiger partial charge in [0.15, 0.2) is 0 Å². The number of aromatic nitrogens is 2. The Morgan fingerprint density at radius 1 is 1.27 bits per heavy atom. The maximum absolute atomic E-state index is 14.7. The van der Waals surface area contributed by atoms with Crippen molar-refractivity contribution in [3.63, 3.8) is 0 Å². The van der Waals surface area contributed by atoms with E-state index in [9.17, 15) is 27.2 Å². The Morgan fingerprint density at radius 2 is 2.03 bits per heavy atom. The van der Waals surface area contributed by atoms with E-state index in [1.165, 1.54) is 6.07 Å². The molecule has 2 heterocycles. The second-order valence-corrected chi connectivity index (χ2v) is 8.11. The maximum atomic E-state index is 14.7. The van der Waals surface area contributed by atoms with Gasteiger partial charge >= 0.3 is 6.18 Å². The van der Waals surface area contributed by atoms with E-state index in [0.29, 0.717) is 38.9 Å². The molecule has 1 unspecified atom stereocenters. The summed E-state index contributed by atoms with van der Waals surface area (Å²) in [5.74, 6) is -2.85. The van der Waals surface area contributed by atoms with Gasteiger partial charge in [0.25, 0.3) is 0 Å². The number of hydrogen-bond acceptors (Lipinski definition) is 3. The van der Waals surface area contributed by atoms with Crippen LogP contribution < -0.4 is 10.6 Å². The zero-order valence-corrected chi connectivity index (χ0v) is 17.9. The van der Waals surface area contributed by atoms with E-state index >= 15 is 0 Å². The van der Waals surface area contributed by atoms with E-state index in [4.69, 9.17) is 11.6 Å². The minimum absolute atomic E-state index is 0.0807. The highest BCUT2D eigenvalue weighted by Gasteiger charge is 2.34. The summed E-state index contributed by atoms with van der Waals surface area (Å²) in [5.41, 5.74) is 0.573. The molecular formula is C22H17ClF4N4O2. The highest BCUT2D eigenvalue weighted by molar-refractivity contribution is 6.35. The van der Waals surface area contributed by atoms with Crippen molar-refractivity contribution < 1.29 is 27.2 Å². The normalized spacial score (nSPS) is 16.8.